The molecule has 0 amide bonds. The van der Waals surface area contributed by atoms with Gasteiger partial charge in [-0.15, -0.1) is 24.0 Å². The first-order chi connectivity index (χ1) is 10.1. The number of esters is 1. The van der Waals surface area contributed by atoms with Gasteiger partial charge in [0, 0.05) is 20.1 Å². The number of methoxy groups -OCH3 is 1. The molecule has 2 heterocycles. The van der Waals surface area contributed by atoms with Gasteiger partial charge in [-0.25, -0.2) is 0 Å². The Balaban J connectivity index is 0.00000242. The van der Waals surface area contributed by atoms with Gasteiger partial charge in [0.15, 0.2) is 11.8 Å². The summed E-state index contributed by atoms with van der Waals surface area (Å²) >= 11 is 0. The minimum Gasteiger partial charge on any atom is -0.469 e. The van der Waals surface area contributed by atoms with E-state index in [1.165, 1.54) is 7.11 Å². The van der Waals surface area contributed by atoms with E-state index in [9.17, 15) is 4.79 Å². The first-order valence-electron chi connectivity index (χ1n) is 6.96. The van der Waals surface area contributed by atoms with Crippen molar-refractivity contribution in [2.75, 3.05) is 27.2 Å². The number of likely N-dealkylation sites (tertiary alicyclic amines) is 1. The van der Waals surface area contributed by atoms with E-state index in [2.05, 4.69) is 25.3 Å². The van der Waals surface area contributed by atoms with Crippen molar-refractivity contribution in [2.45, 2.75) is 26.3 Å². The highest BCUT2D eigenvalue weighted by atomic mass is 127. The molecule has 1 aliphatic heterocycles. The molecule has 0 unspecified atom stereocenters. The zero-order valence-corrected chi connectivity index (χ0v) is 15.4. The number of carbonyl (C=O) groups is 1. The molecule has 0 saturated carbocycles. The first-order valence-corrected chi connectivity index (χ1v) is 6.96. The topological polar surface area (TPSA) is 92.9 Å². The highest BCUT2D eigenvalue weighted by Gasteiger charge is 2.27. The largest absolute Gasteiger partial charge is 0.469 e. The summed E-state index contributed by atoms with van der Waals surface area (Å²) in [5.41, 5.74) is 0. The lowest BCUT2D eigenvalue weighted by atomic mass is 9.97. The van der Waals surface area contributed by atoms with Crippen LogP contribution >= 0.6 is 24.0 Å². The van der Waals surface area contributed by atoms with Crippen LogP contribution in [0.15, 0.2) is 9.52 Å². The summed E-state index contributed by atoms with van der Waals surface area (Å²) in [5, 5.41) is 6.93. The van der Waals surface area contributed by atoms with E-state index in [4.69, 9.17) is 9.26 Å². The van der Waals surface area contributed by atoms with Gasteiger partial charge in [-0.1, -0.05) is 5.16 Å². The molecule has 0 aliphatic carbocycles. The van der Waals surface area contributed by atoms with E-state index in [0.717, 1.165) is 31.9 Å². The van der Waals surface area contributed by atoms with Crippen molar-refractivity contribution >= 4 is 35.9 Å². The van der Waals surface area contributed by atoms with E-state index in [0.29, 0.717) is 18.3 Å². The van der Waals surface area contributed by atoms with E-state index in [1.807, 2.05) is 0 Å². The number of carbonyl (C=O) groups excluding carboxylic acids is 1. The minimum atomic E-state index is -0.126. The maximum Gasteiger partial charge on any atom is 0.308 e. The number of guanidine groups is 1. The second-order valence-electron chi connectivity index (χ2n) is 4.92. The standard InChI is InChI=1S/C13H21N5O3.HI/c1-9-16-11(21-17-9)8-15-13(14-2)18-6-4-10(5-7-18)12(19)20-3;/h10H,4-8H2,1-3H3,(H,14,15);1H. The van der Waals surface area contributed by atoms with Gasteiger partial charge < -0.3 is 19.5 Å². The number of hydrogen-bond acceptors (Lipinski definition) is 6. The molecule has 0 bridgehead atoms. The van der Waals surface area contributed by atoms with Crippen LogP contribution in [-0.2, 0) is 16.1 Å². The third-order valence-electron chi connectivity index (χ3n) is 3.51. The van der Waals surface area contributed by atoms with Crippen molar-refractivity contribution in [1.82, 2.24) is 20.4 Å². The molecule has 1 aromatic rings. The molecule has 0 radical (unpaired) electrons. The molecule has 1 saturated heterocycles. The lowest BCUT2D eigenvalue weighted by molar-refractivity contribution is -0.146. The molecular formula is C13H22IN5O3. The van der Waals surface area contributed by atoms with E-state index >= 15 is 0 Å². The fourth-order valence-electron chi connectivity index (χ4n) is 2.39. The van der Waals surface area contributed by atoms with Crippen molar-refractivity contribution in [1.29, 1.82) is 0 Å². The molecule has 1 aliphatic rings. The van der Waals surface area contributed by atoms with Crippen molar-refractivity contribution in [3.8, 4) is 0 Å². The van der Waals surface area contributed by atoms with Crippen molar-refractivity contribution < 1.29 is 14.1 Å². The highest BCUT2D eigenvalue weighted by molar-refractivity contribution is 14.0. The molecule has 2 rings (SSSR count). The average Bonchev–Trinajstić information content (AvgIpc) is 2.93. The van der Waals surface area contributed by atoms with Crippen molar-refractivity contribution in [3.05, 3.63) is 11.7 Å². The fourth-order valence-corrected chi connectivity index (χ4v) is 2.39. The lowest BCUT2D eigenvalue weighted by Gasteiger charge is -2.32. The number of aliphatic imine (C=N–C) groups is 1. The summed E-state index contributed by atoms with van der Waals surface area (Å²) in [6.07, 6.45) is 1.54. The van der Waals surface area contributed by atoms with Crippen molar-refractivity contribution in [3.63, 3.8) is 0 Å². The summed E-state index contributed by atoms with van der Waals surface area (Å²) < 4.78 is 9.84. The molecule has 1 fully saturated rings. The molecular weight excluding hydrogens is 401 g/mol. The van der Waals surface area contributed by atoms with Gasteiger partial charge in [0.05, 0.1) is 19.6 Å². The lowest BCUT2D eigenvalue weighted by Crippen LogP contribution is -2.46. The molecule has 124 valence electrons. The number of ether oxygens (including phenoxy) is 1. The Morgan fingerprint density at radius 3 is 2.68 bits per heavy atom. The predicted molar refractivity (Wildman–Crippen MR) is 91.0 cm³/mol. The molecule has 9 heteroatoms. The third-order valence-corrected chi connectivity index (χ3v) is 3.51. The average molecular weight is 423 g/mol. The smallest absolute Gasteiger partial charge is 0.308 e. The third kappa shape index (κ3) is 4.82. The first kappa shape index (κ1) is 18.7. The van der Waals surface area contributed by atoms with Crippen molar-refractivity contribution in [2.24, 2.45) is 10.9 Å². The number of aromatic nitrogens is 2. The molecule has 0 atom stereocenters. The number of hydrogen-bond donors (Lipinski definition) is 1. The highest BCUT2D eigenvalue weighted by Crippen LogP contribution is 2.18. The second-order valence-corrected chi connectivity index (χ2v) is 4.92. The van der Waals surface area contributed by atoms with Crippen LogP contribution in [0, 0.1) is 12.8 Å². The summed E-state index contributed by atoms with van der Waals surface area (Å²) in [4.78, 5) is 22.0. The van der Waals surface area contributed by atoms with Crippen LogP contribution in [0.2, 0.25) is 0 Å². The zero-order chi connectivity index (χ0) is 15.2. The number of nitrogens with one attached hydrogen (secondary N) is 1. The number of piperidine rings is 1. The molecule has 1 aromatic heterocycles. The number of rotatable bonds is 3. The summed E-state index contributed by atoms with van der Waals surface area (Å²) in [7, 11) is 3.16. The second kappa shape index (κ2) is 8.91. The van der Waals surface area contributed by atoms with Gasteiger partial charge in [0.2, 0.25) is 5.89 Å². The molecule has 8 nitrogen and oxygen atoms in total. The predicted octanol–water partition coefficient (Wildman–Crippen LogP) is 0.956. The Labute approximate surface area is 146 Å². The van der Waals surface area contributed by atoms with Gasteiger partial charge in [-0.3, -0.25) is 9.79 Å². The number of halogens is 1. The summed E-state index contributed by atoms with van der Waals surface area (Å²) in [6, 6.07) is 0. The molecule has 1 N–H and O–H groups in total. The maximum atomic E-state index is 11.5. The van der Waals surface area contributed by atoms with Crippen LogP contribution in [0.3, 0.4) is 0 Å². The summed E-state index contributed by atoms with van der Waals surface area (Å²) in [5.74, 6) is 1.77. The number of aryl methyl sites for hydroxylation is 1. The SMILES string of the molecule is CN=C(NCc1nc(C)no1)N1CCC(C(=O)OC)CC1.I. The normalized spacial score (nSPS) is 16.1. The van der Waals surface area contributed by atoms with Gasteiger partial charge in [-0.05, 0) is 19.8 Å². The Bertz CT molecular complexity index is 512. The van der Waals surface area contributed by atoms with Gasteiger partial charge >= 0.3 is 5.97 Å². The monoisotopic (exact) mass is 423 g/mol. The fraction of sp³-hybridized carbons (Fsp3) is 0.692. The Hall–Kier alpha value is -1.39. The quantitative estimate of drug-likeness (QED) is 0.335. The molecule has 0 aromatic carbocycles. The van der Waals surface area contributed by atoms with Crippen LogP contribution in [0.5, 0.6) is 0 Å². The van der Waals surface area contributed by atoms with Crippen LogP contribution in [-0.4, -0.2) is 54.2 Å². The van der Waals surface area contributed by atoms with Crippen LogP contribution < -0.4 is 5.32 Å². The van der Waals surface area contributed by atoms with Crippen LogP contribution in [0.1, 0.15) is 24.6 Å². The number of nitrogens with zero attached hydrogens (tertiary/aromatic N) is 4. The van der Waals surface area contributed by atoms with E-state index in [1.54, 1.807) is 14.0 Å². The Morgan fingerprint density at radius 2 is 2.18 bits per heavy atom. The maximum absolute atomic E-state index is 11.5. The van der Waals surface area contributed by atoms with Crippen LogP contribution in [0.25, 0.3) is 0 Å². The minimum absolute atomic E-state index is 0. The summed E-state index contributed by atoms with van der Waals surface area (Å²) in [6.45, 7) is 3.74. The van der Waals surface area contributed by atoms with E-state index < -0.39 is 0 Å². The Kier molecular flexibility index (Phi) is 7.56. The molecule has 0 spiro atoms. The van der Waals surface area contributed by atoms with Gasteiger partial charge in [0.25, 0.3) is 0 Å². The van der Waals surface area contributed by atoms with Crippen LogP contribution in [0.4, 0.5) is 0 Å². The Morgan fingerprint density at radius 1 is 1.50 bits per heavy atom. The zero-order valence-electron chi connectivity index (χ0n) is 13.0. The van der Waals surface area contributed by atoms with E-state index in [-0.39, 0.29) is 35.9 Å². The van der Waals surface area contributed by atoms with Gasteiger partial charge in [-0.2, -0.15) is 4.98 Å². The van der Waals surface area contributed by atoms with Gasteiger partial charge in [0.1, 0.15) is 0 Å². The molecule has 22 heavy (non-hydrogen) atoms.